The van der Waals surface area contributed by atoms with Crippen molar-refractivity contribution in [3.63, 3.8) is 0 Å². The van der Waals surface area contributed by atoms with Crippen LogP contribution >= 0.6 is 0 Å². The molecule has 0 aliphatic carbocycles. The Labute approximate surface area is 151 Å². The van der Waals surface area contributed by atoms with E-state index in [1.54, 1.807) is 7.11 Å². The summed E-state index contributed by atoms with van der Waals surface area (Å²) in [6.07, 6.45) is 1.30. The maximum Gasteiger partial charge on any atom is 0.254 e. The molecule has 0 radical (unpaired) electrons. The van der Waals surface area contributed by atoms with Crippen LogP contribution in [0.4, 0.5) is 5.82 Å². The second-order valence-corrected chi connectivity index (χ2v) is 6.32. The Kier molecular flexibility index (Phi) is 4.38. The van der Waals surface area contributed by atoms with Crippen molar-refractivity contribution in [1.29, 1.82) is 0 Å². The SMILES string of the molecule is CCn1c(-c2cc(NC(=O)C3CCCO3)n[nH]2)cc2c(OC)cccc21. The van der Waals surface area contributed by atoms with Crippen molar-refractivity contribution in [2.75, 3.05) is 19.0 Å². The molecule has 1 unspecified atom stereocenters. The molecule has 7 heteroatoms. The number of hydrogen-bond acceptors (Lipinski definition) is 4. The van der Waals surface area contributed by atoms with Gasteiger partial charge in [-0.1, -0.05) is 6.07 Å². The molecule has 1 atom stereocenters. The third kappa shape index (κ3) is 2.84. The molecule has 1 fully saturated rings. The van der Waals surface area contributed by atoms with Gasteiger partial charge >= 0.3 is 0 Å². The van der Waals surface area contributed by atoms with E-state index in [0.29, 0.717) is 12.4 Å². The Hall–Kier alpha value is -2.80. The molecule has 3 heterocycles. The van der Waals surface area contributed by atoms with Crippen molar-refractivity contribution in [2.45, 2.75) is 32.4 Å². The van der Waals surface area contributed by atoms with Gasteiger partial charge in [-0.2, -0.15) is 5.10 Å². The van der Waals surface area contributed by atoms with Gasteiger partial charge in [-0.15, -0.1) is 0 Å². The smallest absolute Gasteiger partial charge is 0.254 e. The number of methoxy groups -OCH3 is 1. The molecule has 0 spiro atoms. The third-order valence-electron chi connectivity index (χ3n) is 4.77. The van der Waals surface area contributed by atoms with Crippen molar-refractivity contribution < 1.29 is 14.3 Å². The highest BCUT2D eigenvalue weighted by molar-refractivity contribution is 5.95. The summed E-state index contributed by atoms with van der Waals surface area (Å²) in [6.45, 7) is 3.55. The molecule has 1 amide bonds. The van der Waals surface area contributed by atoms with Gasteiger partial charge in [-0.3, -0.25) is 9.89 Å². The lowest BCUT2D eigenvalue weighted by molar-refractivity contribution is -0.124. The number of benzene rings is 1. The molecule has 7 nitrogen and oxygen atoms in total. The third-order valence-corrected chi connectivity index (χ3v) is 4.77. The van der Waals surface area contributed by atoms with Crippen LogP contribution in [0.5, 0.6) is 5.75 Å². The Bertz CT molecular complexity index is 938. The lowest BCUT2D eigenvalue weighted by Gasteiger charge is -2.07. The van der Waals surface area contributed by atoms with Gasteiger partial charge in [0.15, 0.2) is 5.82 Å². The zero-order chi connectivity index (χ0) is 18.1. The largest absolute Gasteiger partial charge is 0.496 e. The number of ether oxygens (including phenoxy) is 2. The molecule has 136 valence electrons. The minimum absolute atomic E-state index is 0.141. The summed E-state index contributed by atoms with van der Waals surface area (Å²) in [6, 6.07) is 9.93. The van der Waals surface area contributed by atoms with E-state index in [-0.39, 0.29) is 12.0 Å². The second kappa shape index (κ2) is 6.84. The number of carbonyl (C=O) groups excluding carboxylic acids is 1. The van der Waals surface area contributed by atoms with E-state index in [2.05, 4.69) is 39.1 Å². The average Bonchev–Trinajstić information content (AvgIpc) is 3.39. The van der Waals surface area contributed by atoms with Crippen LogP contribution in [-0.2, 0) is 16.1 Å². The van der Waals surface area contributed by atoms with E-state index >= 15 is 0 Å². The normalized spacial score (nSPS) is 16.9. The van der Waals surface area contributed by atoms with Crippen molar-refractivity contribution in [3.8, 4) is 17.1 Å². The quantitative estimate of drug-likeness (QED) is 0.737. The summed E-state index contributed by atoms with van der Waals surface area (Å²) in [5.74, 6) is 1.20. The summed E-state index contributed by atoms with van der Waals surface area (Å²) < 4.78 is 13.1. The van der Waals surface area contributed by atoms with E-state index in [1.165, 1.54) is 0 Å². The van der Waals surface area contributed by atoms with E-state index in [0.717, 1.165) is 47.4 Å². The molecule has 26 heavy (non-hydrogen) atoms. The van der Waals surface area contributed by atoms with Crippen LogP contribution in [0.3, 0.4) is 0 Å². The Morgan fingerprint density at radius 3 is 3.08 bits per heavy atom. The topological polar surface area (TPSA) is 81.2 Å². The van der Waals surface area contributed by atoms with E-state index in [1.807, 2.05) is 18.2 Å². The summed E-state index contributed by atoms with van der Waals surface area (Å²) in [4.78, 5) is 12.2. The first-order chi connectivity index (χ1) is 12.7. The lowest BCUT2D eigenvalue weighted by Crippen LogP contribution is -2.26. The van der Waals surface area contributed by atoms with Gasteiger partial charge in [0.2, 0.25) is 0 Å². The molecular formula is C19H22N4O3. The maximum atomic E-state index is 12.2. The first-order valence-electron chi connectivity index (χ1n) is 8.85. The highest BCUT2D eigenvalue weighted by atomic mass is 16.5. The molecule has 3 aromatic rings. The summed E-state index contributed by atoms with van der Waals surface area (Å²) >= 11 is 0. The van der Waals surface area contributed by atoms with Crippen molar-refractivity contribution in [2.24, 2.45) is 0 Å². The number of aromatic nitrogens is 3. The van der Waals surface area contributed by atoms with Gasteiger partial charge < -0.3 is 19.4 Å². The van der Waals surface area contributed by atoms with Crippen molar-refractivity contribution in [3.05, 3.63) is 30.3 Å². The van der Waals surface area contributed by atoms with Crippen LogP contribution in [0.15, 0.2) is 30.3 Å². The molecule has 2 N–H and O–H groups in total. The number of H-pyrrole nitrogens is 1. The molecule has 4 rings (SSSR count). The fourth-order valence-corrected chi connectivity index (χ4v) is 3.51. The Balaban J connectivity index is 1.65. The Morgan fingerprint density at radius 1 is 1.46 bits per heavy atom. The van der Waals surface area contributed by atoms with Crippen LogP contribution in [0.1, 0.15) is 19.8 Å². The molecule has 1 aromatic carbocycles. The summed E-state index contributed by atoms with van der Waals surface area (Å²) in [5, 5.41) is 11.1. The van der Waals surface area contributed by atoms with Gasteiger partial charge in [0.25, 0.3) is 5.91 Å². The second-order valence-electron chi connectivity index (χ2n) is 6.32. The molecule has 2 aromatic heterocycles. The molecule has 1 saturated heterocycles. The van der Waals surface area contributed by atoms with Crippen LogP contribution in [0, 0.1) is 0 Å². The van der Waals surface area contributed by atoms with E-state index in [9.17, 15) is 4.79 Å². The predicted octanol–water partition coefficient (Wildman–Crippen LogP) is 3.18. The molecule has 1 aliphatic rings. The number of nitrogens with one attached hydrogen (secondary N) is 2. The van der Waals surface area contributed by atoms with Crippen LogP contribution in [0.25, 0.3) is 22.3 Å². The lowest BCUT2D eigenvalue weighted by atomic mass is 10.2. The summed E-state index contributed by atoms with van der Waals surface area (Å²) in [5.41, 5.74) is 2.94. The molecule has 0 saturated carbocycles. The monoisotopic (exact) mass is 354 g/mol. The highest BCUT2D eigenvalue weighted by Gasteiger charge is 2.24. The number of aromatic amines is 1. The number of nitrogens with zero attached hydrogens (tertiary/aromatic N) is 2. The minimum Gasteiger partial charge on any atom is -0.496 e. The van der Waals surface area contributed by atoms with E-state index < -0.39 is 0 Å². The summed E-state index contributed by atoms with van der Waals surface area (Å²) in [7, 11) is 1.67. The number of fused-ring (bicyclic) bond motifs is 1. The first-order valence-corrected chi connectivity index (χ1v) is 8.85. The zero-order valence-corrected chi connectivity index (χ0v) is 14.9. The van der Waals surface area contributed by atoms with Crippen LogP contribution in [0.2, 0.25) is 0 Å². The fourth-order valence-electron chi connectivity index (χ4n) is 3.51. The molecule has 0 bridgehead atoms. The van der Waals surface area contributed by atoms with Crippen molar-refractivity contribution in [1.82, 2.24) is 14.8 Å². The van der Waals surface area contributed by atoms with Gasteiger partial charge in [-0.05, 0) is 38.0 Å². The fraction of sp³-hybridized carbons (Fsp3) is 0.368. The Morgan fingerprint density at radius 2 is 2.35 bits per heavy atom. The highest BCUT2D eigenvalue weighted by Crippen LogP contribution is 2.33. The first kappa shape index (κ1) is 16.7. The number of anilines is 1. The van der Waals surface area contributed by atoms with Crippen molar-refractivity contribution >= 4 is 22.6 Å². The minimum atomic E-state index is -0.374. The number of rotatable bonds is 5. The maximum absolute atomic E-state index is 12.2. The predicted molar refractivity (Wildman–Crippen MR) is 99.3 cm³/mol. The van der Waals surface area contributed by atoms with Gasteiger partial charge in [0, 0.05) is 24.6 Å². The number of aryl methyl sites for hydroxylation is 1. The van der Waals surface area contributed by atoms with E-state index in [4.69, 9.17) is 9.47 Å². The number of amides is 1. The van der Waals surface area contributed by atoms with Gasteiger partial charge in [0.1, 0.15) is 11.9 Å². The average molecular weight is 354 g/mol. The number of hydrogen-bond donors (Lipinski definition) is 2. The van der Waals surface area contributed by atoms with Gasteiger partial charge in [0.05, 0.1) is 24.0 Å². The van der Waals surface area contributed by atoms with Crippen LogP contribution < -0.4 is 10.1 Å². The van der Waals surface area contributed by atoms with Crippen LogP contribution in [-0.4, -0.2) is 40.5 Å². The van der Waals surface area contributed by atoms with Gasteiger partial charge in [-0.25, -0.2) is 0 Å². The standard InChI is InChI=1S/C19H22N4O3/c1-3-23-14-6-4-7-16(25-2)12(14)10-15(23)13-11-18(22-21-13)20-19(24)17-8-5-9-26-17/h4,6-7,10-11,17H,3,5,8-9H2,1-2H3,(H2,20,21,22,24). The number of carbonyl (C=O) groups is 1. The molecule has 1 aliphatic heterocycles. The zero-order valence-electron chi connectivity index (χ0n) is 14.9. The molecular weight excluding hydrogens is 332 g/mol.